The van der Waals surface area contributed by atoms with Gasteiger partial charge in [0.2, 0.25) is 5.91 Å². The summed E-state index contributed by atoms with van der Waals surface area (Å²) in [4.78, 5) is 26.6. The third kappa shape index (κ3) is 3.56. The van der Waals surface area contributed by atoms with Crippen molar-refractivity contribution in [2.45, 2.75) is 31.5 Å². The number of amides is 1. The summed E-state index contributed by atoms with van der Waals surface area (Å²) in [7, 11) is 0. The lowest BCUT2D eigenvalue weighted by Gasteiger charge is -2.35. The molecular formula is C19H19N3OS3. The predicted molar refractivity (Wildman–Crippen MR) is 108 cm³/mol. The standard InChI is InChI=1S/C19H19N3OS3/c1-12-10-13(2)21-19(20-12)26-11-17(23)22-7-5-15-14(6-9-25-15)18(22)16-4-3-8-24-16/h3-4,6,8-10,18H,5,7,11H2,1-2H3/t18-/m0/s1. The minimum atomic E-state index is 0.0401. The monoisotopic (exact) mass is 401 g/mol. The second-order valence-corrected chi connectivity index (χ2v) is 9.20. The lowest BCUT2D eigenvalue weighted by Crippen LogP contribution is -2.40. The van der Waals surface area contributed by atoms with Crippen molar-refractivity contribution in [2.24, 2.45) is 0 Å². The van der Waals surface area contributed by atoms with E-state index in [0.29, 0.717) is 10.9 Å². The van der Waals surface area contributed by atoms with E-state index in [-0.39, 0.29) is 11.9 Å². The Morgan fingerprint density at radius 1 is 1.23 bits per heavy atom. The Morgan fingerprint density at radius 3 is 2.77 bits per heavy atom. The van der Waals surface area contributed by atoms with Crippen LogP contribution in [0.1, 0.15) is 32.7 Å². The number of thiophene rings is 2. The largest absolute Gasteiger partial charge is 0.330 e. The van der Waals surface area contributed by atoms with Crippen molar-refractivity contribution in [3.63, 3.8) is 0 Å². The van der Waals surface area contributed by atoms with Gasteiger partial charge in [0, 0.05) is 27.7 Å². The minimum Gasteiger partial charge on any atom is -0.330 e. The maximum absolute atomic E-state index is 13.0. The Morgan fingerprint density at radius 2 is 2.04 bits per heavy atom. The van der Waals surface area contributed by atoms with Crippen LogP contribution in [0.5, 0.6) is 0 Å². The highest BCUT2D eigenvalue weighted by molar-refractivity contribution is 7.99. The average molecular weight is 402 g/mol. The van der Waals surface area contributed by atoms with Crippen LogP contribution in [-0.2, 0) is 11.2 Å². The normalized spacial score (nSPS) is 16.5. The van der Waals surface area contributed by atoms with Crippen LogP contribution < -0.4 is 0 Å². The molecule has 0 spiro atoms. The quantitative estimate of drug-likeness (QED) is 0.478. The van der Waals surface area contributed by atoms with Gasteiger partial charge in [-0.05, 0) is 54.8 Å². The Hall–Kier alpha value is -1.70. The van der Waals surface area contributed by atoms with Crippen molar-refractivity contribution in [3.8, 4) is 0 Å². The molecule has 134 valence electrons. The van der Waals surface area contributed by atoms with Crippen LogP contribution in [0.4, 0.5) is 0 Å². The number of aryl methyl sites for hydroxylation is 2. The molecule has 0 saturated heterocycles. The fourth-order valence-electron chi connectivity index (χ4n) is 3.31. The number of carbonyl (C=O) groups excluding carboxylic acids is 1. The van der Waals surface area contributed by atoms with Gasteiger partial charge in [0.25, 0.3) is 0 Å². The lowest BCUT2D eigenvalue weighted by atomic mass is 9.98. The first-order valence-electron chi connectivity index (χ1n) is 8.46. The molecule has 0 bridgehead atoms. The number of nitrogens with zero attached hydrogens (tertiary/aromatic N) is 3. The van der Waals surface area contributed by atoms with Crippen molar-refractivity contribution in [1.29, 1.82) is 0 Å². The topological polar surface area (TPSA) is 46.1 Å². The summed E-state index contributed by atoms with van der Waals surface area (Å²) in [6.45, 7) is 4.68. The molecule has 3 aromatic heterocycles. The average Bonchev–Trinajstić information content (AvgIpc) is 3.29. The van der Waals surface area contributed by atoms with Gasteiger partial charge in [-0.1, -0.05) is 17.8 Å². The Labute approximate surface area is 165 Å². The molecule has 0 unspecified atom stereocenters. The molecule has 1 amide bonds. The maximum atomic E-state index is 13.0. The van der Waals surface area contributed by atoms with Crippen LogP contribution in [0.25, 0.3) is 0 Å². The van der Waals surface area contributed by atoms with E-state index in [2.05, 4.69) is 38.9 Å². The van der Waals surface area contributed by atoms with E-state index < -0.39 is 0 Å². The van der Waals surface area contributed by atoms with Crippen molar-refractivity contribution < 1.29 is 4.79 Å². The smallest absolute Gasteiger partial charge is 0.233 e. The SMILES string of the molecule is Cc1cc(C)nc(SCC(=O)N2CCc3sccc3[C@H]2c2cccs2)n1. The molecule has 0 radical (unpaired) electrons. The number of aromatic nitrogens is 2. The van der Waals surface area contributed by atoms with E-state index in [1.54, 1.807) is 22.7 Å². The van der Waals surface area contributed by atoms with E-state index in [1.165, 1.54) is 27.1 Å². The van der Waals surface area contributed by atoms with Crippen LogP contribution in [-0.4, -0.2) is 33.1 Å². The number of fused-ring (bicyclic) bond motifs is 1. The molecule has 4 nitrogen and oxygen atoms in total. The highest BCUT2D eigenvalue weighted by Crippen LogP contribution is 2.39. The Kier molecular flexibility index (Phi) is 5.11. The fraction of sp³-hybridized carbons (Fsp3) is 0.316. The molecular weight excluding hydrogens is 382 g/mol. The van der Waals surface area contributed by atoms with Gasteiger partial charge in [-0.2, -0.15) is 0 Å². The van der Waals surface area contributed by atoms with Crippen LogP contribution in [0.2, 0.25) is 0 Å². The molecule has 1 aliphatic rings. The first kappa shape index (κ1) is 17.7. The summed E-state index contributed by atoms with van der Waals surface area (Å²) in [5, 5.41) is 4.89. The maximum Gasteiger partial charge on any atom is 0.233 e. The van der Waals surface area contributed by atoms with Crippen LogP contribution in [0.3, 0.4) is 0 Å². The number of thioether (sulfide) groups is 1. The molecule has 0 N–H and O–H groups in total. The number of hydrogen-bond donors (Lipinski definition) is 0. The van der Waals surface area contributed by atoms with Gasteiger partial charge in [0.1, 0.15) is 0 Å². The van der Waals surface area contributed by atoms with E-state index in [1.807, 2.05) is 24.8 Å². The predicted octanol–water partition coefficient (Wildman–Crippen LogP) is 4.48. The van der Waals surface area contributed by atoms with E-state index in [0.717, 1.165) is 24.4 Å². The molecule has 7 heteroatoms. The van der Waals surface area contributed by atoms with E-state index >= 15 is 0 Å². The highest BCUT2D eigenvalue weighted by Gasteiger charge is 2.33. The number of rotatable bonds is 4. The summed E-state index contributed by atoms with van der Waals surface area (Å²) >= 11 is 4.94. The molecule has 26 heavy (non-hydrogen) atoms. The Bertz CT molecular complexity index is 900. The van der Waals surface area contributed by atoms with Crippen molar-refractivity contribution in [3.05, 3.63) is 61.7 Å². The fourth-order valence-corrected chi connectivity index (χ4v) is 5.90. The first-order chi connectivity index (χ1) is 12.6. The summed E-state index contributed by atoms with van der Waals surface area (Å²) in [6, 6.07) is 8.34. The number of hydrogen-bond acceptors (Lipinski definition) is 6. The van der Waals surface area contributed by atoms with Crippen molar-refractivity contribution in [2.75, 3.05) is 12.3 Å². The van der Waals surface area contributed by atoms with Crippen molar-refractivity contribution >= 4 is 40.3 Å². The van der Waals surface area contributed by atoms with Gasteiger partial charge in [-0.3, -0.25) is 4.79 Å². The van der Waals surface area contributed by atoms with Crippen LogP contribution >= 0.6 is 34.4 Å². The van der Waals surface area contributed by atoms with E-state index in [9.17, 15) is 4.79 Å². The highest BCUT2D eigenvalue weighted by atomic mass is 32.2. The van der Waals surface area contributed by atoms with Gasteiger partial charge in [-0.25, -0.2) is 9.97 Å². The van der Waals surface area contributed by atoms with Gasteiger partial charge in [0.05, 0.1) is 11.8 Å². The lowest BCUT2D eigenvalue weighted by molar-refractivity contribution is -0.130. The number of carbonyl (C=O) groups is 1. The van der Waals surface area contributed by atoms with Gasteiger partial charge in [-0.15, -0.1) is 22.7 Å². The first-order valence-corrected chi connectivity index (χ1v) is 11.2. The third-order valence-corrected chi connectivity index (χ3v) is 7.14. The molecule has 4 heterocycles. The Balaban J connectivity index is 1.54. The van der Waals surface area contributed by atoms with Gasteiger partial charge >= 0.3 is 0 Å². The third-order valence-electron chi connectivity index (χ3n) is 4.39. The molecule has 0 saturated carbocycles. The zero-order valence-electron chi connectivity index (χ0n) is 14.6. The van der Waals surface area contributed by atoms with Crippen LogP contribution in [0, 0.1) is 13.8 Å². The molecule has 0 fully saturated rings. The molecule has 3 aromatic rings. The zero-order valence-corrected chi connectivity index (χ0v) is 17.1. The van der Waals surface area contributed by atoms with Crippen LogP contribution in [0.15, 0.2) is 40.2 Å². The zero-order chi connectivity index (χ0) is 18.1. The summed E-state index contributed by atoms with van der Waals surface area (Å²) in [5.41, 5.74) is 3.15. The van der Waals surface area contributed by atoms with E-state index in [4.69, 9.17) is 0 Å². The second kappa shape index (κ2) is 7.50. The van der Waals surface area contributed by atoms with Gasteiger partial charge in [0.15, 0.2) is 5.16 Å². The summed E-state index contributed by atoms with van der Waals surface area (Å²) in [6.07, 6.45) is 0.936. The summed E-state index contributed by atoms with van der Waals surface area (Å²) in [5.74, 6) is 0.512. The molecule has 0 aromatic carbocycles. The summed E-state index contributed by atoms with van der Waals surface area (Å²) < 4.78 is 0. The van der Waals surface area contributed by atoms with Gasteiger partial charge < -0.3 is 4.90 Å². The molecule has 0 aliphatic carbocycles. The second-order valence-electron chi connectivity index (χ2n) is 6.28. The van der Waals surface area contributed by atoms with Crippen molar-refractivity contribution in [1.82, 2.24) is 14.9 Å². The molecule has 1 aliphatic heterocycles. The minimum absolute atomic E-state index is 0.0401. The molecule has 4 rings (SSSR count). The molecule has 1 atom stereocenters.